The predicted octanol–water partition coefficient (Wildman–Crippen LogP) is 0.920. The van der Waals surface area contributed by atoms with Gasteiger partial charge >= 0.3 is 0 Å². The van der Waals surface area contributed by atoms with E-state index in [1.807, 2.05) is 13.8 Å². The number of piperazine rings is 1. The molecule has 0 saturated carbocycles. The normalized spacial score (nSPS) is 24.0. The number of rotatable bonds is 1. The number of nitrogens with one attached hydrogen (secondary N) is 1. The van der Waals surface area contributed by atoms with Gasteiger partial charge in [0, 0.05) is 31.2 Å². The third-order valence-electron chi connectivity index (χ3n) is 3.28. The Morgan fingerprint density at radius 1 is 1.28 bits per heavy atom. The summed E-state index contributed by atoms with van der Waals surface area (Å²) in [6, 6.07) is 4.20. The summed E-state index contributed by atoms with van der Waals surface area (Å²) in [5.41, 5.74) is 0.230. The van der Waals surface area contributed by atoms with Crippen LogP contribution in [0.25, 0.3) is 0 Å². The predicted molar refractivity (Wildman–Crippen MR) is 67.7 cm³/mol. The maximum atomic E-state index is 12.4. The maximum absolute atomic E-state index is 12.4. The molecule has 5 nitrogen and oxygen atoms in total. The van der Waals surface area contributed by atoms with Gasteiger partial charge < -0.3 is 20.4 Å². The summed E-state index contributed by atoms with van der Waals surface area (Å²) >= 11 is 0. The van der Waals surface area contributed by atoms with Gasteiger partial charge in [-0.2, -0.15) is 0 Å². The topological polar surface area (TPSA) is 72.8 Å². The van der Waals surface area contributed by atoms with Crippen molar-refractivity contribution >= 4 is 5.91 Å². The van der Waals surface area contributed by atoms with Crippen LogP contribution in [0.15, 0.2) is 18.2 Å². The lowest BCUT2D eigenvalue weighted by Crippen LogP contribution is -2.57. The fourth-order valence-electron chi connectivity index (χ4n) is 2.37. The lowest BCUT2D eigenvalue weighted by Gasteiger charge is -2.39. The summed E-state index contributed by atoms with van der Waals surface area (Å²) in [6.07, 6.45) is 0. The van der Waals surface area contributed by atoms with E-state index in [9.17, 15) is 15.0 Å². The number of carbonyl (C=O) groups is 1. The van der Waals surface area contributed by atoms with Crippen molar-refractivity contribution in [3.8, 4) is 11.5 Å². The molecule has 1 aliphatic rings. The van der Waals surface area contributed by atoms with Crippen molar-refractivity contribution < 1.29 is 15.0 Å². The van der Waals surface area contributed by atoms with Crippen molar-refractivity contribution in [2.75, 3.05) is 13.1 Å². The Morgan fingerprint density at radius 2 is 1.89 bits per heavy atom. The van der Waals surface area contributed by atoms with E-state index in [2.05, 4.69) is 5.32 Å². The SMILES string of the molecule is CC1CNCC(C)N1C(=O)c1ccc(O)cc1O. The molecule has 1 heterocycles. The first-order valence-electron chi connectivity index (χ1n) is 6.06. The molecule has 98 valence electrons. The number of nitrogens with zero attached hydrogens (tertiary/aromatic N) is 1. The van der Waals surface area contributed by atoms with Gasteiger partial charge in [0.25, 0.3) is 5.91 Å². The summed E-state index contributed by atoms with van der Waals surface area (Å²) in [4.78, 5) is 14.2. The molecule has 0 aliphatic carbocycles. The van der Waals surface area contributed by atoms with E-state index in [0.29, 0.717) is 0 Å². The van der Waals surface area contributed by atoms with Gasteiger partial charge in [-0.1, -0.05) is 0 Å². The number of hydrogen-bond acceptors (Lipinski definition) is 4. The number of aromatic hydroxyl groups is 2. The van der Waals surface area contributed by atoms with E-state index >= 15 is 0 Å². The van der Waals surface area contributed by atoms with Gasteiger partial charge in [0.1, 0.15) is 11.5 Å². The summed E-state index contributed by atoms with van der Waals surface area (Å²) in [5, 5.41) is 22.2. The van der Waals surface area contributed by atoms with Crippen LogP contribution < -0.4 is 5.32 Å². The third kappa shape index (κ3) is 2.26. The van der Waals surface area contributed by atoms with Gasteiger partial charge in [-0.3, -0.25) is 4.79 Å². The Hall–Kier alpha value is -1.75. The van der Waals surface area contributed by atoms with Crippen LogP contribution in [0.3, 0.4) is 0 Å². The number of carbonyl (C=O) groups excluding carboxylic acids is 1. The zero-order chi connectivity index (χ0) is 13.3. The van der Waals surface area contributed by atoms with E-state index in [-0.39, 0.29) is 35.1 Å². The highest BCUT2D eigenvalue weighted by atomic mass is 16.3. The van der Waals surface area contributed by atoms with E-state index < -0.39 is 0 Å². The lowest BCUT2D eigenvalue weighted by molar-refractivity contribution is 0.0541. The monoisotopic (exact) mass is 250 g/mol. The second-order valence-electron chi connectivity index (χ2n) is 4.77. The van der Waals surface area contributed by atoms with Crippen molar-refractivity contribution in [1.29, 1.82) is 0 Å². The summed E-state index contributed by atoms with van der Waals surface area (Å²) in [6.45, 7) is 5.43. The minimum atomic E-state index is -0.200. The second-order valence-corrected chi connectivity index (χ2v) is 4.77. The van der Waals surface area contributed by atoms with Crippen LogP contribution in [0, 0.1) is 0 Å². The van der Waals surface area contributed by atoms with Gasteiger partial charge in [0.15, 0.2) is 0 Å². The van der Waals surface area contributed by atoms with Crippen LogP contribution in [-0.2, 0) is 0 Å². The van der Waals surface area contributed by atoms with Crippen molar-refractivity contribution in [2.24, 2.45) is 0 Å². The second kappa shape index (κ2) is 4.86. The molecule has 1 aliphatic heterocycles. The molecule has 1 saturated heterocycles. The maximum Gasteiger partial charge on any atom is 0.258 e. The Bertz CT molecular complexity index is 452. The molecule has 1 amide bonds. The Morgan fingerprint density at radius 3 is 2.44 bits per heavy atom. The summed E-state index contributed by atoms with van der Waals surface area (Å²) in [7, 11) is 0. The molecular weight excluding hydrogens is 232 g/mol. The largest absolute Gasteiger partial charge is 0.508 e. The summed E-state index contributed by atoms with van der Waals surface area (Å²) in [5.74, 6) is -0.433. The fourth-order valence-corrected chi connectivity index (χ4v) is 2.37. The van der Waals surface area contributed by atoms with E-state index in [0.717, 1.165) is 13.1 Å². The molecule has 5 heteroatoms. The van der Waals surface area contributed by atoms with Crippen LogP contribution in [0.4, 0.5) is 0 Å². The zero-order valence-corrected chi connectivity index (χ0v) is 10.6. The summed E-state index contributed by atoms with van der Waals surface area (Å²) < 4.78 is 0. The van der Waals surface area contributed by atoms with Crippen LogP contribution in [0.1, 0.15) is 24.2 Å². The molecule has 2 unspecified atom stereocenters. The Balaban J connectivity index is 2.29. The minimum absolute atomic E-state index is 0.0505. The number of phenolic OH excluding ortho intramolecular Hbond substituents is 2. The molecule has 1 fully saturated rings. The van der Waals surface area contributed by atoms with Crippen molar-refractivity contribution in [3.05, 3.63) is 23.8 Å². The first-order chi connectivity index (χ1) is 8.50. The zero-order valence-electron chi connectivity index (χ0n) is 10.6. The van der Waals surface area contributed by atoms with Gasteiger partial charge in [-0.15, -0.1) is 0 Å². The minimum Gasteiger partial charge on any atom is -0.508 e. The average Bonchev–Trinajstić information content (AvgIpc) is 2.28. The van der Waals surface area contributed by atoms with Gasteiger partial charge in [-0.05, 0) is 26.0 Å². The average molecular weight is 250 g/mol. The molecule has 0 spiro atoms. The highest BCUT2D eigenvalue weighted by Crippen LogP contribution is 2.25. The fraction of sp³-hybridized carbons (Fsp3) is 0.462. The highest BCUT2D eigenvalue weighted by molar-refractivity contribution is 5.97. The lowest BCUT2D eigenvalue weighted by atomic mass is 10.1. The molecular formula is C13H18N2O3. The van der Waals surface area contributed by atoms with E-state index in [1.54, 1.807) is 4.90 Å². The molecule has 2 atom stereocenters. The van der Waals surface area contributed by atoms with Crippen LogP contribution in [0.2, 0.25) is 0 Å². The van der Waals surface area contributed by atoms with Crippen molar-refractivity contribution in [1.82, 2.24) is 10.2 Å². The molecule has 2 rings (SSSR count). The molecule has 0 aromatic heterocycles. The van der Waals surface area contributed by atoms with E-state index in [1.165, 1.54) is 18.2 Å². The Kier molecular flexibility index (Phi) is 3.43. The number of amides is 1. The first-order valence-corrected chi connectivity index (χ1v) is 6.06. The van der Waals surface area contributed by atoms with Gasteiger partial charge in [0.05, 0.1) is 5.56 Å². The smallest absolute Gasteiger partial charge is 0.258 e. The number of benzene rings is 1. The van der Waals surface area contributed by atoms with Crippen LogP contribution in [0.5, 0.6) is 11.5 Å². The van der Waals surface area contributed by atoms with E-state index in [4.69, 9.17) is 0 Å². The third-order valence-corrected chi connectivity index (χ3v) is 3.28. The highest BCUT2D eigenvalue weighted by Gasteiger charge is 2.30. The standard InChI is InChI=1S/C13H18N2O3/c1-8-6-14-7-9(2)15(8)13(18)11-4-3-10(16)5-12(11)17/h3-5,8-9,14,16-17H,6-7H2,1-2H3. The number of phenols is 2. The molecule has 0 bridgehead atoms. The van der Waals surface area contributed by atoms with Crippen LogP contribution in [-0.4, -0.2) is 46.2 Å². The van der Waals surface area contributed by atoms with Gasteiger partial charge in [0.2, 0.25) is 0 Å². The van der Waals surface area contributed by atoms with Gasteiger partial charge in [-0.25, -0.2) is 0 Å². The quantitative estimate of drug-likeness (QED) is 0.693. The molecule has 1 aromatic carbocycles. The Labute approximate surface area is 106 Å². The number of hydrogen-bond donors (Lipinski definition) is 3. The molecule has 1 aromatic rings. The molecule has 0 radical (unpaired) electrons. The molecule has 18 heavy (non-hydrogen) atoms. The first kappa shape index (κ1) is 12.7. The van der Waals surface area contributed by atoms with Crippen molar-refractivity contribution in [3.63, 3.8) is 0 Å². The van der Waals surface area contributed by atoms with Crippen molar-refractivity contribution in [2.45, 2.75) is 25.9 Å². The van der Waals surface area contributed by atoms with Crippen LogP contribution >= 0.6 is 0 Å². The molecule has 3 N–H and O–H groups in total.